The van der Waals surface area contributed by atoms with Crippen LogP contribution in [0.5, 0.6) is 5.75 Å². The van der Waals surface area contributed by atoms with Crippen molar-refractivity contribution in [1.29, 1.82) is 0 Å². The van der Waals surface area contributed by atoms with Gasteiger partial charge in [0.15, 0.2) is 0 Å². The van der Waals surface area contributed by atoms with Gasteiger partial charge in [0.2, 0.25) is 0 Å². The van der Waals surface area contributed by atoms with Crippen LogP contribution in [0.1, 0.15) is 28.4 Å². The van der Waals surface area contributed by atoms with Crippen molar-refractivity contribution in [1.82, 2.24) is 0 Å². The number of benzene rings is 2. The van der Waals surface area contributed by atoms with Crippen LogP contribution in [0.25, 0.3) is 0 Å². The lowest BCUT2D eigenvalue weighted by molar-refractivity contribution is 0.220. The molecular weight excluding hydrogens is 224 g/mol. The summed E-state index contributed by atoms with van der Waals surface area (Å²) in [4.78, 5) is 0. The van der Waals surface area contributed by atoms with E-state index in [1.165, 1.54) is 0 Å². The molecule has 94 valence electrons. The Hall–Kier alpha value is -1.80. The number of aliphatic hydroxyl groups excluding tert-OH is 1. The van der Waals surface area contributed by atoms with Gasteiger partial charge in [-0.25, -0.2) is 0 Å². The Kier molecular flexibility index (Phi) is 3.68. The number of rotatable bonds is 3. The van der Waals surface area contributed by atoms with Crippen molar-refractivity contribution in [3.8, 4) is 5.75 Å². The van der Waals surface area contributed by atoms with E-state index in [-0.39, 0.29) is 0 Å². The molecule has 2 heteroatoms. The van der Waals surface area contributed by atoms with Crippen LogP contribution in [-0.2, 0) is 0 Å². The first-order valence-electron chi connectivity index (χ1n) is 6.01. The fourth-order valence-corrected chi connectivity index (χ4v) is 2.10. The van der Waals surface area contributed by atoms with Gasteiger partial charge in [0.05, 0.1) is 7.11 Å². The summed E-state index contributed by atoms with van der Waals surface area (Å²) in [5.74, 6) is 0.843. The van der Waals surface area contributed by atoms with E-state index in [1.54, 1.807) is 7.11 Å². The van der Waals surface area contributed by atoms with Crippen molar-refractivity contribution in [3.63, 3.8) is 0 Å². The fourth-order valence-electron chi connectivity index (χ4n) is 2.10. The third kappa shape index (κ3) is 2.54. The minimum Gasteiger partial charge on any atom is -0.496 e. The summed E-state index contributed by atoms with van der Waals surface area (Å²) < 4.78 is 5.22. The summed E-state index contributed by atoms with van der Waals surface area (Å²) in [6, 6.07) is 13.7. The first-order chi connectivity index (χ1) is 8.61. The number of hydrogen-bond acceptors (Lipinski definition) is 2. The molecule has 1 unspecified atom stereocenters. The van der Waals surface area contributed by atoms with Gasteiger partial charge in [0, 0.05) is 0 Å². The van der Waals surface area contributed by atoms with Gasteiger partial charge in [0.1, 0.15) is 11.9 Å². The van der Waals surface area contributed by atoms with Gasteiger partial charge in [-0.2, -0.15) is 0 Å². The highest BCUT2D eigenvalue weighted by Gasteiger charge is 2.11. The highest BCUT2D eigenvalue weighted by Crippen LogP contribution is 2.27. The van der Waals surface area contributed by atoms with Crippen LogP contribution >= 0.6 is 0 Å². The quantitative estimate of drug-likeness (QED) is 0.894. The van der Waals surface area contributed by atoms with Crippen molar-refractivity contribution in [2.75, 3.05) is 7.11 Å². The molecule has 2 aromatic rings. The maximum Gasteiger partial charge on any atom is 0.121 e. The smallest absolute Gasteiger partial charge is 0.121 e. The Balaban J connectivity index is 2.34. The summed E-state index contributed by atoms with van der Waals surface area (Å²) in [6.45, 7) is 4.00. The molecule has 0 aromatic heterocycles. The molecule has 0 radical (unpaired) electrons. The van der Waals surface area contributed by atoms with Gasteiger partial charge in [0.25, 0.3) is 0 Å². The lowest BCUT2D eigenvalue weighted by Gasteiger charge is -2.14. The molecule has 0 aliphatic carbocycles. The molecule has 0 amide bonds. The fraction of sp³-hybridized carbons (Fsp3) is 0.250. The highest BCUT2D eigenvalue weighted by atomic mass is 16.5. The van der Waals surface area contributed by atoms with Crippen molar-refractivity contribution in [2.24, 2.45) is 0 Å². The van der Waals surface area contributed by atoms with Crippen LogP contribution in [0.2, 0.25) is 0 Å². The summed E-state index contributed by atoms with van der Waals surface area (Å²) in [6.07, 6.45) is -0.588. The van der Waals surface area contributed by atoms with E-state index in [0.717, 1.165) is 28.0 Å². The molecule has 0 aliphatic rings. The predicted octanol–water partition coefficient (Wildman–Crippen LogP) is 3.39. The van der Waals surface area contributed by atoms with Crippen LogP contribution in [0.15, 0.2) is 42.5 Å². The first kappa shape index (κ1) is 12.7. The van der Waals surface area contributed by atoms with Crippen molar-refractivity contribution >= 4 is 0 Å². The van der Waals surface area contributed by atoms with Crippen LogP contribution in [0, 0.1) is 13.8 Å². The molecule has 1 atom stereocenters. The van der Waals surface area contributed by atoms with Crippen molar-refractivity contribution < 1.29 is 9.84 Å². The van der Waals surface area contributed by atoms with Crippen LogP contribution in [0.4, 0.5) is 0 Å². The minimum atomic E-state index is -0.588. The number of aliphatic hydroxyl groups is 1. The molecular formula is C16H18O2. The third-order valence-electron chi connectivity index (χ3n) is 3.09. The second-order valence-corrected chi connectivity index (χ2v) is 4.55. The van der Waals surface area contributed by atoms with Gasteiger partial charge in [-0.3, -0.25) is 0 Å². The van der Waals surface area contributed by atoms with Gasteiger partial charge in [-0.15, -0.1) is 0 Å². The predicted molar refractivity (Wildman–Crippen MR) is 73.0 cm³/mol. The maximum atomic E-state index is 10.4. The van der Waals surface area contributed by atoms with Gasteiger partial charge < -0.3 is 9.84 Å². The second-order valence-electron chi connectivity index (χ2n) is 4.55. The first-order valence-corrected chi connectivity index (χ1v) is 6.01. The topological polar surface area (TPSA) is 29.5 Å². The molecule has 0 bridgehead atoms. The van der Waals surface area contributed by atoms with Crippen molar-refractivity contribution in [2.45, 2.75) is 20.0 Å². The highest BCUT2D eigenvalue weighted by molar-refractivity contribution is 5.40. The molecule has 1 N–H and O–H groups in total. The van der Waals surface area contributed by atoms with E-state index in [0.29, 0.717) is 0 Å². The Bertz CT molecular complexity index is 547. The maximum absolute atomic E-state index is 10.4. The van der Waals surface area contributed by atoms with E-state index < -0.39 is 6.10 Å². The van der Waals surface area contributed by atoms with E-state index in [1.807, 2.05) is 56.3 Å². The largest absolute Gasteiger partial charge is 0.496 e. The van der Waals surface area contributed by atoms with Gasteiger partial charge >= 0.3 is 0 Å². The van der Waals surface area contributed by atoms with Gasteiger partial charge in [-0.05, 0) is 42.7 Å². The summed E-state index contributed by atoms with van der Waals surface area (Å²) in [5, 5.41) is 10.4. The molecule has 0 heterocycles. The average Bonchev–Trinajstić information content (AvgIpc) is 2.37. The Morgan fingerprint density at radius 1 is 1.00 bits per heavy atom. The summed E-state index contributed by atoms with van der Waals surface area (Å²) >= 11 is 0. The molecule has 0 saturated carbocycles. The number of ether oxygens (including phenoxy) is 1. The normalized spacial score (nSPS) is 12.2. The van der Waals surface area contributed by atoms with Crippen LogP contribution in [0.3, 0.4) is 0 Å². The van der Waals surface area contributed by atoms with E-state index in [2.05, 4.69) is 0 Å². The third-order valence-corrected chi connectivity index (χ3v) is 3.09. The molecule has 0 spiro atoms. The van der Waals surface area contributed by atoms with Crippen molar-refractivity contribution in [3.05, 3.63) is 64.7 Å². The molecule has 0 fully saturated rings. The monoisotopic (exact) mass is 242 g/mol. The van der Waals surface area contributed by atoms with Crippen LogP contribution < -0.4 is 4.74 Å². The Morgan fingerprint density at radius 2 is 1.72 bits per heavy atom. The van der Waals surface area contributed by atoms with E-state index >= 15 is 0 Å². The molecule has 2 aromatic carbocycles. The molecule has 2 nitrogen and oxygen atoms in total. The number of aryl methyl sites for hydroxylation is 2. The standard InChI is InChI=1S/C16H18O2/c1-11-5-4-6-13(9-11)16(17)14-7-8-15(18-3)12(2)10-14/h4-10,16-17H,1-3H3. The number of methoxy groups -OCH3 is 1. The molecule has 18 heavy (non-hydrogen) atoms. The average molecular weight is 242 g/mol. The summed E-state index contributed by atoms with van der Waals surface area (Å²) in [5.41, 5.74) is 3.98. The Morgan fingerprint density at radius 3 is 2.33 bits per heavy atom. The van der Waals surface area contributed by atoms with E-state index in [4.69, 9.17) is 4.74 Å². The van der Waals surface area contributed by atoms with Crippen LogP contribution in [-0.4, -0.2) is 12.2 Å². The Labute approximate surface area is 108 Å². The lowest BCUT2D eigenvalue weighted by Crippen LogP contribution is -2.01. The van der Waals surface area contributed by atoms with Gasteiger partial charge in [-0.1, -0.05) is 35.9 Å². The summed E-state index contributed by atoms with van der Waals surface area (Å²) in [7, 11) is 1.65. The minimum absolute atomic E-state index is 0.588. The second kappa shape index (κ2) is 5.23. The van der Waals surface area contributed by atoms with E-state index in [9.17, 15) is 5.11 Å². The zero-order chi connectivity index (χ0) is 13.1. The zero-order valence-corrected chi connectivity index (χ0v) is 11.0. The molecule has 2 rings (SSSR count). The molecule has 0 saturated heterocycles. The zero-order valence-electron chi connectivity index (χ0n) is 11.0. The SMILES string of the molecule is COc1ccc(C(O)c2cccc(C)c2)cc1C. The number of hydrogen-bond donors (Lipinski definition) is 1. The molecule has 0 aliphatic heterocycles. The lowest BCUT2D eigenvalue weighted by atomic mass is 9.98.